The molecule has 0 radical (unpaired) electrons. The second kappa shape index (κ2) is 8.36. The minimum Gasteiger partial charge on any atom is -0.496 e. The van der Waals surface area contributed by atoms with Crippen LogP contribution in [0, 0.1) is 0 Å². The zero-order valence-electron chi connectivity index (χ0n) is 17.0. The molecule has 0 spiro atoms. The maximum atomic E-state index is 11.5. The Morgan fingerprint density at radius 3 is 2.96 bits per heavy atom. The topological polar surface area (TPSA) is 41.6 Å². The van der Waals surface area contributed by atoms with Crippen LogP contribution in [0.4, 0.5) is 0 Å². The molecule has 28 heavy (non-hydrogen) atoms. The third-order valence-electron chi connectivity index (χ3n) is 6.22. The highest BCUT2D eigenvalue weighted by atomic mass is 16.5. The van der Waals surface area contributed by atoms with E-state index in [0.29, 0.717) is 18.9 Å². The van der Waals surface area contributed by atoms with Gasteiger partial charge in [-0.05, 0) is 72.5 Å². The van der Waals surface area contributed by atoms with E-state index in [-0.39, 0.29) is 5.91 Å². The number of methoxy groups -OCH3 is 1. The van der Waals surface area contributed by atoms with Crippen molar-refractivity contribution in [3.05, 3.63) is 64.2 Å². The molecule has 1 unspecified atom stereocenters. The number of fused-ring (bicyclic) bond motifs is 2. The van der Waals surface area contributed by atoms with Gasteiger partial charge in [0.25, 0.3) is 0 Å². The standard InChI is InChI=1S/C24H30N2O2/c1-26(12-11-17-9-10-18-14-24(27)25-15-20(18)13-17)16-19-5-3-7-22-21(19)6-4-8-23(22)28-2/h4,6,8-10,13,19H,3,5,7,11-12,14-16H2,1-2H3,(H,25,27). The van der Waals surface area contributed by atoms with E-state index in [9.17, 15) is 4.79 Å². The molecule has 0 saturated carbocycles. The van der Waals surface area contributed by atoms with E-state index in [4.69, 9.17) is 4.74 Å². The van der Waals surface area contributed by atoms with Gasteiger partial charge in [0.05, 0.1) is 13.5 Å². The Kier molecular flexibility index (Phi) is 5.67. The SMILES string of the molecule is COc1cccc2c1CCCC2CN(C)CCc1ccc2c(c1)CNC(=O)C2. The van der Waals surface area contributed by atoms with Gasteiger partial charge in [0.1, 0.15) is 5.75 Å². The Labute approximate surface area is 167 Å². The molecular formula is C24H30N2O2. The first-order chi connectivity index (χ1) is 13.6. The molecule has 1 aliphatic carbocycles. The van der Waals surface area contributed by atoms with E-state index in [1.807, 2.05) is 0 Å². The second-order valence-corrected chi connectivity index (χ2v) is 8.19. The average molecular weight is 379 g/mol. The molecule has 1 aliphatic heterocycles. The maximum Gasteiger partial charge on any atom is 0.224 e. The van der Waals surface area contributed by atoms with Gasteiger partial charge in [-0.25, -0.2) is 0 Å². The van der Waals surface area contributed by atoms with Crippen molar-refractivity contribution in [2.24, 2.45) is 0 Å². The van der Waals surface area contributed by atoms with Gasteiger partial charge in [0.15, 0.2) is 0 Å². The summed E-state index contributed by atoms with van der Waals surface area (Å²) in [6.45, 7) is 2.79. The Bertz CT molecular complexity index is 862. The summed E-state index contributed by atoms with van der Waals surface area (Å²) in [5, 5.41) is 2.94. The Balaban J connectivity index is 1.37. The van der Waals surface area contributed by atoms with Gasteiger partial charge in [-0.15, -0.1) is 0 Å². The van der Waals surface area contributed by atoms with Gasteiger partial charge in [-0.3, -0.25) is 4.79 Å². The first-order valence-electron chi connectivity index (χ1n) is 10.4. The number of nitrogens with zero attached hydrogens (tertiary/aromatic N) is 1. The summed E-state index contributed by atoms with van der Waals surface area (Å²) >= 11 is 0. The number of amides is 1. The van der Waals surface area contributed by atoms with Crippen LogP contribution in [0.25, 0.3) is 0 Å². The molecule has 1 heterocycles. The van der Waals surface area contributed by atoms with Crippen molar-refractivity contribution in [1.82, 2.24) is 10.2 Å². The number of hydrogen-bond donors (Lipinski definition) is 1. The van der Waals surface area contributed by atoms with Crippen molar-refractivity contribution in [2.75, 3.05) is 27.2 Å². The van der Waals surface area contributed by atoms with Crippen molar-refractivity contribution in [1.29, 1.82) is 0 Å². The summed E-state index contributed by atoms with van der Waals surface area (Å²) in [7, 11) is 4.00. The fourth-order valence-corrected chi connectivity index (χ4v) is 4.68. The third kappa shape index (κ3) is 4.07. The highest BCUT2D eigenvalue weighted by Crippen LogP contribution is 2.36. The molecule has 1 N–H and O–H groups in total. The number of carbonyl (C=O) groups is 1. The smallest absolute Gasteiger partial charge is 0.224 e. The lowest BCUT2D eigenvalue weighted by Gasteiger charge is -2.30. The second-order valence-electron chi connectivity index (χ2n) is 8.19. The largest absolute Gasteiger partial charge is 0.496 e. The van der Waals surface area contributed by atoms with Gasteiger partial charge in [-0.2, -0.15) is 0 Å². The Hall–Kier alpha value is -2.33. The van der Waals surface area contributed by atoms with Crippen molar-refractivity contribution in [3.63, 3.8) is 0 Å². The molecule has 4 rings (SSSR count). The molecule has 0 fully saturated rings. The number of likely N-dealkylation sites (N-methyl/N-ethyl adjacent to an activating group) is 1. The zero-order valence-corrected chi connectivity index (χ0v) is 17.0. The molecule has 0 bridgehead atoms. The molecule has 0 saturated heterocycles. The zero-order chi connectivity index (χ0) is 19.5. The molecule has 4 nitrogen and oxygen atoms in total. The maximum absolute atomic E-state index is 11.5. The van der Waals surface area contributed by atoms with Gasteiger partial charge < -0.3 is 15.0 Å². The van der Waals surface area contributed by atoms with Crippen LogP contribution in [-0.2, 0) is 30.6 Å². The van der Waals surface area contributed by atoms with Crippen LogP contribution >= 0.6 is 0 Å². The highest BCUT2D eigenvalue weighted by molar-refractivity contribution is 5.80. The first-order valence-corrected chi connectivity index (χ1v) is 10.4. The predicted octanol–water partition coefficient (Wildman–Crippen LogP) is 3.46. The number of benzene rings is 2. The lowest BCUT2D eigenvalue weighted by Crippen LogP contribution is -2.30. The molecule has 2 aromatic rings. The molecule has 0 aromatic heterocycles. The molecule has 148 valence electrons. The summed E-state index contributed by atoms with van der Waals surface area (Å²) in [4.78, 5) is 14.0. The fraction of sp³-hybridized carbons (Fsp3) is 0.458. The van der Waals surface area contributed by atoms with Crippen LogP contribution in [0.3, 0.4) is 0 Å². The summed E-state index contributed by atoms with van der Waals surface area (Å²) < 4.78 is 5.58. The quantitative estimate of drug-likeness (QED) is 0.837. The van der Waals surface area contributed by atoms with Gasteiger partial charge in [0, 0.05) is 19.6 Å². The van der Waals surface area contributed by atoms with Crippen LogP contribution in [0.2, 0.25) is 0 Å². The van der Waals surface area contributed by atoms with Gasteiger partial charge >= 0.3 is 0 Å². The molecule has 2 aromatic carbocycles. The number of rotatable bonds is 6. The molecule has 1 atom stereocenters. The molecule has 4 heteroatoms. The molecule has 2 aliphatic rings. The van der Waals surface area contributed by atoms with E-state index in [1.165, 1.54) is 40.7 Å². The highest BCUT2D eigenvalue weighted by Gasteiger charge is 2.23. The van der Waals surface area contributed by atoms with Crippen LogP contribution < -0.4 is 10.1 Å². The number of carbonyl (C=O) groups excluding carboxylic acids is 1. The van der Waals surface area contributed by atoms with Crippen LogP contribution in [0.1, 0.15) is 46.6 Å². The monoisotopic (exact) mass is 378 g/mol. The predicted molar refractivity (Wildman–Crippen MR) is 112 cm³/mol. The van der Waals surface area contributed by atoms with Crippen molar-refractivity contribution < 1.29 is 9.53 Å². The van der Waals surface area contributed by atoms with E-state index in [1.54, 1.807) is 7.11 Å². The fourth-order valence-electron chi connectivity index (χ4n) is 4.68. The van der Waals surface area contributed by atoms with E-state index in [2.05, 4.69) is 53.7 Å². The number of hydrogen-bond acceptors (Lipinski definition) is 3. The lowest BCUT2D eigenvalue weighted by molar-refractivity contribution is -0.121. The first kappa shape index (κ1) is 19.0. The Morgan fingerprint density at radius 2 is 2.11 bits per heavy atom. The number of nitrogens with one attached hydrogen (secondary N) is 1. The summed E-state index contributed by atoms with van der Waals surface area (Å²) in [5.41, 5.74) is 6.68. The van der Waals surface area contributed by atoms with Gasteiger partial charge in [-0.1, -0.05) is 30.3 Å². The van der Waals surface area contributed by atoms with E-state index >= 15 is 0 Å². The average Bonchev–Trinajstić information content (AvgIpc) is 2.72. The minimum absolute atomic E-state index is 0.129. The lowest BCUT2D eigenvalue weighted by atomic mass is 9.82. The van der Waals surface area contributed by atoms with Crippen LogP contribution in [-0.4, -0.2) is 38.1 Å². The number of ether oxygens (including phenoxy) is 1. The van der Waals surface area contributed by atoms with E-state index < -0.39 is 0 Å². The Morgan fingerprint density at radius 1 is 1.21 bits per heavy atom. The molecular weight excluding hydrogens is 348 g/mol. The third-order valence-corrected chi connectivity index (χ3v) is 6.22. The molecule has 1 amide bonds. The van der Waals surface area contributed by atoms with Crippen LogP contribution in [0.5, 0.6) is 5.75 Å². The minimum atomic E-state index is 0.129. The summed E-state index contributed by atoms with van der Waals surface area (Å²) in [6.07, 6.45) is 5.17. The van der Waals surface area contributed by atoms with Gasteiger partial charge in [0.2, 0.25) is 5.91 Å². The van der Waals surface area contributed by atoms with Crippen molar-refractivity contribution in [2.45, 2.75) is 44.6 Å². The van der Waals surface area contributed by atoms with Crippen molar-refractivity contribution in [3.8, 4) is 5.75 Å². The summed E-state index contributed by atoms with van der Waals surface area (Å²) in [6, 6.07) is 13.1. The van der Waals surface area contributed by atoms with Crippen molar-refractivity contribution >= 4 is 5.91 Å². The normalized spacial score (nSPS) is 18.4. The van der Waals surface area contributed by atoms with E-state index in [0.717, 1.165) is 31.7 Å². The summed E-state index contributed by atoms with van der Waals surface area (Å²) in [5.74, 6) is 1.76. The van der Waals surface area contributed by atoms with Crippen LogP contribution in [0.15, 0.2) is 36.4 Å².